The highest BCUT2D eigenvalue weighted by Gasteiger charge is 2.18. The number of rotatable bonds is 0. The normalized spacial score (nSPS) is 12.6. The molecule has 0 aliphatic rings. The molecule has 32 heteroatoms. The Labute approximate surface area is 440 Å². The topological polar surface area (TPSA) is 506 Å². The van der Waals surface area contributed by atoms with Gasteiger partial charge in [-0.1, -0.05) is 286 Å². The van der Waals surface area contributed by atoms with E-state index in [-0.39, 0.29) is 59.4 Å². The minimum atomic E-state index is -4.35. The van der Waals surface area contributed by atoms with Crippen LogP contribution < -0.4 is 78.3 Å². The Hall–Kier alpha value is 1.20. The van der Waals surface area contributed by atoms with Gasteiger partial charge in [-0.15, -0.1) is 0 Å². The van der Waals surface area contributed by atoms with Gasteiger partial charge in [-0.3, -0.25) is 0 Å². The minimum Gasteiger partial charge on any atom is -0.810 e. The van der Waals surface area contributed by atoms with Gasteiger partial charge in [0.1, 0.15) is 0 Å². The molecule has 0 unspecified atom stereocenters. The fraction of sp³-hybridized carbons (Fsp3) is 1.00. The zero-order valence-corrected chi connectivity index (χ0v) is 48.5. The van der Waals surface area contributed by atoms with Gasteiger partial charge in [0.15, 0.2) is 0 Å². The molecule has 0 radical (unpaired) electrons. The third-order valence-corrected chi connectivity index (χ3v) is 19.7. The largest absolute Gasteiger partial charge is 0.810 e. The van der Waals surface area contributed by atoms with E-state index in [2.05, 4.69) is 0 Å². The first-order chi connectivity index (χ1) is 26.0. The van der Waals surface area contributed by atoms with Crippen molar-refractivity contribution in [2.45, 2.75) is 267 Å². The average molecular weight is 1220 g/mol. The maximum atomic E-state index is 10.1. The van der Waals surface area contributed by atoms with Gasteiger partial charge in [-0.25, -0.2) is 0 Å². The van der Waals surface area contributed by atoms with Gasteiger partial charge in [-0.05, 0) is 41.2 Å². The summed E-state index contributed by atoms with van der Waals surface area (Å²) in [6, 6.07) is 0. The highest BCUT2D eigenvalue weighted by molar-refractivity contribution is 7.52. The molecule has 464 valence electrons. The van der Waals surface area contributed by atoms with E-state index in [1.54, 1.807) is 0 Å². The molecule has 0 aliphatic heterocycles. The third-order valence-electron chi connectivity index (χ3n) is 6.57. The molecule has 72 heavy (non-hydrogen) atoms. The van der Waals surface area contributed by atoms with E-state index in [4.69, 9.17) is 0 Å². The molecule has 0 fully saturated rings. The van der Waals surface area contributed by atoms with Crippen molar-refractivity contribution in [1.82, 2.24) is 0 Å². The SMILES string of the molecule is C.C.C.C.C.C.C.C.CC(C)(C)P(=O)([O-])[O-].CC(C)(C)P(=O)([O-])[O-].CC(C)(C)P(=O)([O-])[O-].CC(C)(C)P(=O)([O-])[O-].CC(C)(C)P(=O)([O-])[O-].CC(C)(C)P(=O)([O-])[O-].CC(C)(C)P(=O)([O-])[O-].CC(C)(C)P(=O)([O-])[O-]. The van der Waals surface area contributed by atoms with Crippen molar-refractivity contribution >= 4 is 60.8 Å². The summed E-state index contributed by atoms with van der Waals surface area (Å²) >= 11 is 0. The molecule has 0 bridgehead atoms. The maximum Gasteiger partial charge on any atom is -0.0104 e. The van der Waals surface area contributed by atoms with Gasteiger partial charge in [-0.2, -0.15) is 0 Å². The lowest BCUT2D eigenvalue weighted by atomic mass is 10.3. The second-order valence-corrected chi connectivity index (χ2v) is 40.0. The summed E-state index contributed by atoms with van der Waals surface area (Å²) in [4.78, 5) is 162. The van der Waals surface area contributed by atoms with Gasteiger partial charge in [0.05, 0.1) is 0 Å². The second-order valence-electron chi connectivity index (χ2n) is 21.3. The molecule has 0 rings (SSSR count). The Balaban J connectivity index is -0.0000000350. The van der Waals surface area contributed by atoms with Crippen molar-refractivity contribution in [1.29, 1.82) is 0 Å². The number of hydrogen-bond acceptors (Lipinski definition) is 24. The van der Waals surface area contributed by atoms with Gasteiger partial charge in [0, 0.05) is 0 Å². The molecule has 0 atom stereocenters. The minimum absolute atomic E-state index is 0. The van der Waals surface area contributed by atoms with Crippen LogP contribution in [0.5, 0.6) is 0 Å². The summed E-state index contributed by atoms with van der Waals surface area (Å²) in [5, 5.41) is -8.94. The molecule has 0 amide bonds. The Morgan fingerprint density at radius 3 is 0.167 bits per heavy atom. The molecule has 0 aliphatic carbocycles. The zero-order valence-electron chi connectivity index (χ0n) is 41.4. The van der Waals surface area contributed by atoms with Crippen LogP contribution in [-0.4, -0.2) is 41.2 Å². The lowest BCUT2D eigenvalue weighted by Gasteiger charge is -2.42. The van der Waals surface area contributed by atoms with Gasteiger partial charge >= 0.3 is 0 Å². The predicted molar refractivity (Wildman–Crippen MR) is 273 cm³/mol. The molecule has 0 heterocycles. The van der Waals surface area contributed by atoms with E-state index < -0.39 is 102 Å². The van der Waals surface area contributed by atoms with E-state index in [1.807, 2.05) is 0 Å². The fourth-order valence-electron chi connectivity index (χ4n) is 0. The van der Waals surface area contributed by atoms with Gasteiger partial charge in [0.2, 0.25) is 0 Å². The Morgan fingerprint density at radius 2 is 0.167 bits per heavy atom. The summed E-state index contributed by atoms with van der Waals surface area (Å²) in [5.74, 6) is 0. The second kappa shape index (κ2) is 38.7. The molecule has 0 N–H and O–H groups in total. The maximum absolute atomic E-state index is 10.1. The molecule has 0 aromatic rings. The quantitative estimate of drug-likeness (QED) is 0.315. The van der Waals surface area contributed by atoms with Crippen LogP contribution in [0.1, 0.15) is 226 Å². The van der Waals surface area contributed by atoms with E-state index in [1.165, 1.54) is 166 Å². The number of hydrogen-bond donors (Lipinski definition) is 0. The van der Waals surface area contributed by atoms with Crippen molar-refractivity contribution < 1.29 is 115 Å². The van der Waals surface area contributed by atoms with Crippen molar-refractivity contribution in [2.75, 3.05) is 0 Å². The third kappa shape index (κ3) is 65.5. The molecular formula is C40H104O24P8-16. The van der Waals surface area contributed by atoms with Gasteiger partial charge < -0.3 is 115 Å². The van der Waals surface area contributed by atoms with Crippen LogP contribution in [0.3, 0.4) is 0 Å². The smallest absolute Gasteiger partial charge is 0.0104 e. The van der Waals surface area contributed by atoms with Crippen LogP contribution in [-0.2, 0) is 36.5 Å². The summed E-state index contributed by atoms with van der Waals surface area (Å²) in [5.41, 5.74) is 0. The van der Waals surface area contributed by atoms with Crippen LogP contribution in [0.15, 0.2) is 0 Å². The zero-order chi connectivity index (χ0) is 56.0. The summed E-state index contributed by atoms with van der Waals surface area (Å²) in [6.07, 6.45) is 0. The highest BCUT2D eigenvalue weighted by Crippen LogP contribution is 2.45. The van der Waals surface area contributed by atoms with Crippen molar-refractivity contribution in [3.8, 4) is 0 Å². The van der Waals surface area contributed by atoms with Crippen LogP contribution in [0.4, 0.5) is 0 Å². The summed E-state index contributed by atoms with van der Waals surface area (Å²) in [7, 11) is -34.8. The molecule has 0 saturated carbocycles. The molecule has 0 saturated heterocycles. The molecule has 0 aromatic carbocycles. The summed E-state index contributed by atoms with van der Waals surface area (Å²) in [6.45, 7) is 33.2. The Morgan fingerprint density at radius 1 is 0.153 bits per heavy atom. The van der Waals surface area contributed by atoms with Crippen LogP contribution in [0.2, 0.25) is 0 Å². The van der Waals surface area contributed by atoms with Crippen molar-refractivity contribution in [3.05, 3.63) is 0 Å². The van der Waals surface area contributed by atoms with E-state index >= 15 is 0 Å². The van der Waals surface area contributed by atoms with E-state index in [9.17, 15) is 115 Å². The first-order valence-corrected chi connectivity index (χ1v) is 30.5. The molecule has 0 aromatic heterocycles. The van der Waals surface area contributed by atoms with Crippen LogP contribution >= 0.6 is 60.8 Å². The first kappa shape index (κ1) is 117. The monoisotopic (exact) mass is 1220 g/mol. The van der Waals surface area contributed by atoms with E-state index in [0.717, 1.165) is 0 Å². The Kier molecular flexibility index (Phi) is 62.8. The van der Waals surface area contributed by atoms with Crippen molar-refractivity contribution in [2.24, 2.45) is 0 Å². The fourth-order valence-corrected chi connectivity index (χ4v) is 0. The molecule has 0 spiro atoms. The van der Waals surface area contributed by atoms with Gasteiger partial charge in [0.25, 0.3) is 0 Å². The average Bonchev–Trinajstić information content (AvgIpc) is 2.81. The van der Waals surface area contributed by atoms with Crippen LogP contribution in [0.25, 0.3) is 0 Å². The predicted octanol–water partition coefficient (Wildman–Crippen LogP) is 2.68. The molecular weight excluding hydrogens is 1110 g/mol. The van der Waals surface area contributed by atoms with Crippen LogP contribution in [0, 0.1) is 0 Å². The lowest BCUT2D eigenvalue weighted by molar-refractivity contribution is -0.321. The highest BCUT2D eigenvalue weighted by atomic mass is 31.2. The standard InChI is InChI=1S/8C4H11O3P.8CH4/c8*1-4(2,3)8(5,6)7;;;;;;;;/h8*1-3H3,(H2,5,6,7);8*1H4/p-16. The van der Waals surface area contributed by atoms with Crippen molar-refractivity contribution in [3.63, 3.8) is 0 Å². The lowest BCUT2D eigenvalue weighted by Crippen LogP contribution is -2.30. The first-order valence-electron chi connectivity index (χ1n) is 18.2. The Bertz CT molecular complexity index is 1330. The van der Waals surface area contributed by atoms with E-state index in [0.29, 0.717) is 0 Å². The summed E-state index contributed by atoms with van der Waals surface area (Å²) < 4.78 is 81.0. The molecule has 24 nitrogen and oxygen atoms in total.